The van der Waals surface area contributed by atoms with Gasteiger partial charge in [0.1, 0.15) is 5.51 Å². The fraction of sp³-hybridized carbons (Fsp3) is 0. The molecule has 6 nitrogen and oxygen atoms in total. The van der Waals surface area contributed by atoms with Gasteiger partial charge in [-0.2, -0.15) is 15.0 Å². The number of nitrogens with two attached hydrogens (primary N) is 1. The second-order valence-electron chi connectivity index (χ2n) is 2.05. The number of hydrogen-bond acceptors (Lipinski definition) is 8. The van der Waals surface area contributed by atoms with E-state index in [1.807, 2.05) is 0 Å². The summed E-state index contributed by atoms with van der Waals surface area (Å²) in [5, 5.41) is 7.98. The number of aromatic nitrogens is 5. The third-order valence-electron chi connectivity index (χ3n) is 1.12. The van der Waals surface area contributed by atoms with Gasteiger partial charge < -0.3 is 5.73 Å². The molecule has 9 heteroatoms. The van der Waals surface area contributed by atoms with E-state index in [2.05, 4.69) is 25.1 Å². The first-order valence-corrected chi connectivity index (χ1v) is 5.42. The van der Waals surface area contributed by atoms with E-state index in [0.717, 1.165) is 4.34 Å². The van der Waals surface area contributed by atoms with Crippen molar-refractivity contribution in [3.05, 3.63) is 10.8 Å². The third kappa shape index (κ3) is 2.28. The number of nitrogen functional groups attached to an aromatic ring is 1. The molecule has 2 heterocycles. The minimum Gasteiger partial charge on any atom is -0.368 e. The molecule has 0 atom stereocenters. The summed E-state index contributed by atoms with van der Waals surface area (Å²) in [7, 11) is 0. The number of nitrogens with zero attached hydrogens (tertiary/aromatic N) is 5. The molecular formula is C5H3ClN6S2. The van der Waals surface area contributed by atoms with Gasteiger partial charge in [0.2, 0.25) is 16.4 Å². The highest BCUT2D eigenvalue weighted by Crippen LogP contribution is 2.25. The molecule has 72 valence electrons. The van der Waals surface area contributed by atoms with E-state index < -0.39 is 0 Å². The van der Waals surface area contributed by atoms with Crippen LogP contribution in [0.2, 0.25) is 5.28 Å². The fourth-order valence-electron chi connectivity index (χ4n) is 0.678. The maximum Gasteiger partial charge on any atom is 0.228 e. The summed E-state index contributed by atoms with van der Waals surface area (Å²) in [6, 6.07) is 0. The lowest BCUT2D eigenvalue weighted by Gasteiger charge is -1.96. The predicted molar refractivity (Wildman–Crippen MR) is 53.3 cm³/mol. The lowest BCUT2D eigenvalue weighted by atomic mass is 11.0. The Labute approximate surface area is 92.0 Å². The van der Waals surface area contributed by atoms with Crippen LogP contribution in [0.5, 0.6) is 0 Å². The van der Waals surface area contributed by atoms with Crippen LogP contribution in [0.25, 0.3) is 0 Å². The Morgan fingerprint density at radius 2 is 2.21 bits per heavy atom. The van der Waals surface area contributed by atoms with Crippen LogP contribution in [0.1, 0.15) is 0 Å². The zero-order chi connectivity index (χ0) is 9.97. The quantitative estimate of drug-likeness (QED) is 0.849. The number of anilines is 1. The standard InChI is InChI=1S/C5H3ClN6S2/c6-2-9-3(7)11-4(10-2)14-5-12-8-1-13-5/h1H,(H2,7,9,10,11). The first-order valence-electron chi connectivity index (χ1n) is 3.35. The van der Waals surface area contributed by atoms with Crippen molar-refractivity contribution in [2.24, 2.45) is 0 Å². The molecule has 0 bridgehead atoms. The number of halogens is 1. The van der Waals surface area contributed by atoms with Crippen molar-refractivity contribution >= 4 is 40.6 Å². The Hall–Kier alpha value is -0.990. The van der Waals surface area contributed by atoms with Gasteiger partial charge in [0, 0.05) is 0 Å². The van der Waals surface area contributed by atoms with Gasteiger partial charge in [-0.3, -0.25) is 0 Å². The Kier molecular flexibility index (Phi) is 2.75. The van der Waals surface area contributed by atoms with Gasteiger partial charge in [0.05, 0.1) is 0 Å². The van der Waals surface area contributed by atoms with Crippen molar-refractivity contribution in [2.75, 3.05) is 5.73 Å². The predicted octanol–water partition coefficient (Wildman–Crippen LogP) is 1.11. The minimum absolute atomic E-state index is 0.0736. The van der Waals surface area contributed by atoms with Crippen molar-refractivity contribution in [1.82, 2.24) is 25.1 Å². The molecule has 0 aliphatic heterocycles. The molecule has 2 aromatic heterocycles. The molecule has 0 fully saturated rings. The van der Waals surface area contributed by atoms with Crippen LogP contribution in [0, 0.1) is 0 Å². The summed E-state index contributed by atoms with van der Waals surface area (Å²) in [4.78, 5) is 11.4. The van der Waals surface area contributed by atoms with Gasteiger partial charge in [-0.05, 0) is 23.4 Å². The van der Waals surface area contributed by atoms with E-state index >= 15 is 0 Å². The zero-order valence-corrected chi connectivity index (χ0v) is 8.97. The molecule has 2 rings (SSSR count). The highest BCUT2D eigenvalue weighted by atomic mass is 35.5. The average Bonchev–Trinajstić information content (AvgIpc) is 2.54. The van der Waals surface area contributed by atoms with Gasteiger partial charge in [-0.15, -0.1) is 10.2 Å². The molecule has 0 amide bonds. The van der Waals surface area contributed by atoms with Gasteiger partial charge in [-0.25, -0.2) is 0 Å². The Morgan fingerprint density at radius 1 is 1.36 bits per heavy atom. The van der Waals surface area contributed by atoms with Crippen LogP contribution in [0.4, 0.5) is 5.95 Å². The Morgan fingerprint density at radius 3 is 2.86 bits per heavy atom. The van der Waals surface area contributed by atoms with E-state index in [-0.39, 0.29) is 11.2 Å². The molecule has 2 aromatic rings. The smallest absolute Gasteiger partial charge is 0.228 e. The van der Waals surface area contributed by atoms with E-state index in [1.165, 1.54) is 23.1 Å². The molecule has 0 aliphatic rings. The summed E-state index contributed by atoms with van der Waals surface area (Å²) in [6.07, 6.45) is 0. The monoisotopic (exact) mass is 246 g/mol. The van der Waals surface area contributed by atoms with Crippen molar-refractivity contribution in [2.45, 2.75) is 9.50 Å². The first-order chi connectivity index (χ1) is 6.74. The molecule has 0 aromatic carbocycles. The maximum absolute atomic E-state index is 5.60. The molecule has 0 saturated heterocycles. The minimum atomic E-state index is 0.0736. The van der Waals surface area contributed by atoms with Crippen molar-refractivity contribution in [1.29, 1.82) is 0 Å². The zero-order valence-electron chi connectivity index (χ0n) is 6.59. The lowest BCUT2D eigenvalue weighted by Crippen LogP contribution is -1.98. The molecule has 0 aliphatic carbocycles. The SMILES string of the molecule is Nc1nc(Cl)nc(Sc2nncs2)n1. The summed E-state index contributed by atoms with van der Waals surface area (Å²) in [5.74, 6) is 0.0945. The summed E-state index contributed by atoms with van der Waals surface area (Å²) < 4.78 is 0.728. The normalized spacial score (nSPS) is 10.4. The first kappa shape index (κ1) is 9.56. The van der Waals surface area contributed by atoms with Crippen LogP contribution in [0.15, 0.2) is 15.0 Å². The van der Waals surface area contributed by atoms with E-state index in [9.17, 15) is 0 Å². The maximum atomic E-state index is 5.60. The largest absolute Gasteiger partial charge is 0.368 e. The summed E-state index contributed by atoms with van der Waals surface area (Å²) in [6.45, 7) is 0. The van der Waals surface area contributed by atoms with Crippen molar-refractivity contribution in [3.63, 3.8) is 0 Å². The molecule has 0 saturated carbocycles. The average molecular weight is 247 g/mol. The van der Waals surface area contributed by atoms with Crippen molar-refractivity contribution in [3.8, 4) is 0 Å². The Bertz CT molecular complexity index is 412. The third-order valence-corrected chi connectivity index (χ3v) is 2.94. The van der Waals surface area contributed by atoms with Crippen LogP contribution in [-0.2, 0) is 0 Å². The molecule has 0 radical (unpaired) electrons. The number of rotatable bonds is 2. The van der Waals surface area contributed by atoms with Crippen LogP contribution < -0.4 is 5.73 Å². The fourth-order valence-corrected chi connectivity index (χ4v) is 2.23. The van der Waals surface area contributed by atoms with Gasteiger partial charge in [-0.1, -0.05) is 11.3 Å². The summed E-state index contributed by atoms with van der Waals surface area (Å²) >= 11 is 8.23. The second-order valence-corrected chi connectivity index (χ2v) is 4.44. The van der Waals surface area contributed by atoms with E-state index in [4.69, 9.17) is 17.3 Å². The highest BCUT2D eigenvalue weighted by Gasteiger charge is 2.06. The number of hydrogen-bond donors (Lipinski definition) is 1. The van der Waals surface area contributed by atoms with Crippen LogP contribution in [-0.4, -0.2) is 25.1 Å². The van der Waals surface area contributed by atoms with Gasteiger partial charge in [0.15, 0.2) is 4.34 Å². The topological polar surface area (TPSA) is 90.5 Å². The molecule has 14 heavy (non-hydrogen) atoms. The molecule has 0 unspecified atom stereocenters. The Balaban J connectivity index is 2.25. The molecule has 2 N–H and O–H groups in total. The van der Waals surface area contributed by atoms with Crippen LogP contribution >= 0.6 is 34.7 Å². The van der Waals surface area contributed by atoms with Crippen LogP contribution in [0.3, 0.4) is 0 Å². The molecule has 0 spiro atoms. The molecular weight excluding hydrogens is 244 g/mol. The van der Waals surface area contributed by atoms with E-state index in [1.54, 1.807) is 5.51 Å². The summed E-state index contributed by atoms with van der Waals surface area (Å²) in [5.41, 5.74) is 7.02. The van der Waals surface area contributed by atoms with E-state index in [0.29, 0.717) is 5.16 Å². The van der Waals surface area contributed by atoms with Crippen molar-refractivity contribution < 1.29 is 0 Å². The van der Waals surface area contributed by atoms with Gasteiger partial charge >= 0.3 is 0 Å². The second kappa shape index (κ2) is 4.03. The highest BCUT2D eigenvalue weighted by molar-refractivity contribution is 8.00. The van der Waals surface area contributed by atoms with Gasteiger partial charge in [0.25, 0.3) is 0 Å². The lowest BCUT2D eigenvalue weighted by molar-refractivity contribution is 0.911.